The molecular formula is C17H15N3O3S. The van der Waals surface area contributed by atoms with Crippen LogP contribution in [0.5, 0.6) is 0 Å². The number of ether oxygens (including phenoxy) is 1. The first-order valence-electron chi connectivity index (χ1n) is 7.24. The molecule has 0 aliphatic carbocycles. The van der Waals surface area contributed by atoms with Gasteiger partial charge in [-0.1, -0.05) is 42.1 Å². The summed E-state index contributed by atoms with van der Waals surface area (Å²) in [5, 5.41) is 10.1. The van der Waals surface area contributed by atoms with Gasteiger partial charge in [0.2, 0.25) is 0 Å². The number of thioether (sulfide) groups is 1. The molecule has 122 valence electrons. The van der Waals surface area contributed by atoms with Gasteiger partial charge in [-0.25, -0.2) is 9.36 Å². The van der Waals surface area contributed by atoms with E-state index in [1.165, 1.54) is 16.3 Å². The summed E-state index contributed by atoms with van der Waals surface area (Å²) in [6, 6.07) is 13.1. The maximum atomic E-state index is 12.3. The number of nitrogens with zero attached hydrogens (tertiary/aromatic N) is 3. The van der Waals surface area contributed by atoms with Crippen LogP contribution in [0.3, 0.4) is 0 Å². The highest BCUT2D eigenvalue weighted by molar-refractivity contribution is 7.98. The topological polar surface area (TPSA) is 74.1 Å². The predicted octanol–water partition coefficient (Wildman–Crippen LogP) is 2.64. The van der Waals surface area contributed by atoms with Crippen molar-refractivity contribution in [1.29, 1.82) is 0 Å². The Labute approximate surface area is 142 Å². The highest BCUT2D eigenvalue weighted by atomic mass is 32.2. The van der Waals surface area contributed by atoms with Gasteiger partial charge in [-0.2, -0.15) is 0 Å². The lowest BCUT2D eigenvalue weighted by atomic mass is 10.1. The summed E-state index contributed by atoms with van der Waals surface area (Å²) in [4.78, 5) is 24.4. The molecule has 3 rings (SSSR count). The summed E-state index contributed by atoms with van der Waals surface area (Å²) in [6.07, 6.45) is 1.78. The van der Waals surface area contributed by atoms with Crippen molar-refractivity contribution >= 4 is 28.5 Å². The van der Waals surface area contributed by atoms with Crippen molar-refractivity contribution in [3.05, 3.63) is 64.1 Å². The fourth-order valence-electron chi connectivity index (χ4n) is 2.28. The number of rotatable bonds is 4. The summed E-state index contributed by atoms with van der Waals surface area (Å²) in [5.41, 5.74) is 0.376. The van der Waals surface area contributed by atoms with E-state index in [1.54, 1.807) is 25.3 Å². The Bertz CT molecular complexity index is 969. The smallest absolute Gasteiger partial charge is 0.339 e. The van der Waals surface area contributed by atoms with Gasteiger partial charge in [-0.3, -0.25) is 4.79 Å². The fraction of sp³-hybridized carbons (Fsp3) is 0.176. The van der Waals surface area contributed by atoms with Gasteiger partial charge in [0.15, 0.2) is 11.9 Å². The third kappa shape index (κ3) is 3.16. The van der Waals surface area contributed by atoms with Gasteiger partial charge in [0.1, 0.15) is 5.69 Å². The van der Waals surface area contributed by atoms with Crippen LogP contribution in [0, 0.1) is 6.92 Å². The van der Waals surface area contributed by atoms with Crippen LogP contribution in [0.1, 0.15) is 16.1 Å². The van der Waals surface area contributed by atoms with E-state index in [1.807, 2.05) is 30.3 Å². The summed E-state index contributed by atoms with van der Waals surface area (Å²) in [5.74, 6) is -0.492. The summed E-state index contributed by atoms with van der Waals surface area (Å²) in [7, 11) is 0. The lowest BCUT2D eigenvalue weighted by Gasteiger charge is -2.11. The van der Waals surface area contributed by atoms with Crippen molar-refractivity contribution in [3.63, 3.8) is 0 Å². The lowest BCUT2D eigenvalue weighted by molar-refractivity contribution is 0.0345. The molecule has 0 saturated heterocycles. The largest absolute Gasteiger partial charge is 0.440 e. The molecule has 0 atom stereocenters. The Kier molecular flexibility index (Phi) is 4.61. The molecule has 7 heteroatoms. The third-order valence-electron chi connectivity index (χ3n) is 3.56. The SMILES string of the molecule is CSc1nnc(C)c(=O)n1COC(=O)c1ccc2ccccc2c1. The number of carbonyl (C=O) groups is 1. The van der Waals surface area contributed by atoms with Crippen molar-refractivity contribution in [2.45, 2.75) is 18.8 Å². The molecule has 2 aromatic carbocycles. The van der Waals surface area contributed by atoms with Crippen LogP contribution in [0.2, 0.25) is 0 Å². The first-order chi connectivity index (χ1) is 11.6. The number of aromatic nitrogens is 3. The zero-order chi connectivity index (χ0) is 17.1. The van der Waals surface area contributed by atoms with Crippen LogP contribution >= 0.6 is 11.8 Å². The van der Waals surface area contributed by atoms with Crippen molar-refractivity contribution in [3.8, 4) is 0 Å². The second-order valence-electron chi connectivity index (χ2n) is 5.13. The van der Waals surface area contributed by atoms with Crippen molar-refractivity contribution < 1.29 is 9.53 Å². The average molecular weight is 341 g/mol. The second-order valence-corrected chi connectivity index (χ2v) is 5.90. The molecule has 0 radical (unpaired) electrons. The minimum atomic E-state index is -0.492. The van der Waals surface area contributed by atoms with E-state index in [0.717, 1.165) is 10.8 Å². The molecule has 0 aliphatic heterocycles. The van der Waals surface area contributed by atoms with Gasteiger partial charge in [0.05, 0.1) is 5.56 Å². The molecule has 6 nitrogen and oxygen atoms in total. The molecule has 0 unspecified atom stereocenters. The Balaban J connectivity index is 1.82. The zero-order valence-electron chi connectivity index (χ0n) is 13.2. The molecule has 0 aliphatic rings. The molecule has 0 amide bonds. The lowest BCUT2D eigenvalue weighted by Crippen LogP contribution is -2.28. The highest BCUT2D eigenvalue weighted by Gasteiger charge is 2.12. The van der Waals surface area contributed by atoms with Crippen LogP contribution in [0.15, 0.2) is 52.4 Å². The van der Waals surface area contributed by atoms with Crippen molar-refractivity contribution in [1.82, 2.24) is 14.8 Å². The number of aryl methyl sites for hydroxylation is 1. The normalized spacial score (nSPS) is 10.8. The van der Waals surface area contributed by atoms with E-state index in [0.29, 0.717) is 10.7 Å². The monoisotopic (exact) mass is 341 g/mol. The number of hydrogen-bond donors (Lipinski definition) is 0. The molecule has 1 heterocycles. The third-order valence-corrected chi connectivity index (χ3v) is 4.23. The van der Waals surface area contributed by atoms with Gasteiger partial charge in [-0.15, -0.1) is 10.2 Å². The number of benzene rings is 2. The van der Waals surface area contributed by atoms with Crippen LogP contribution in [-0.4, -0.2) is 27.0 Å². The van der Waals surface area contributed by atoms with Gasteiger partial charge in [-0.05, 0) is 36.1 Å². The van der Waals surface area contributed by atoms with Crippen LogP contribution in [0.4, 0.5) is 0 Å². The molecule has 0 bridgehead atoms. The van der Waals surface area contributed by atoms with Gasteiger partial charge in [0.25, 0.3) is 5.56 Å². The first kappa shape index (κ1) is 16.2. The number of fused-ring (bicyclic) bond motifs is 1. The molecule has 0 fully saturated rings. The number of hydrogen-bond acceptors (Lipinski definition) is 6. The summed E-state index contributed by atoms with van der Waals surface area (Å²) >= 11 is 1.27. The maximum absolute atomic E-state index is 12.3. The van der Waals surface area contributed by atoms with Gasteiger partial charge >= 0.3 is 5.97 Å². The average Bonchev–Trinajstić information content (AvgIpc) is 2.62. The molecule has 0 spiro atoms. The van der Waals surface area contributed by atoms with Crippen LogP contribution in [0.25, 0.3) is 10.8 Å². The van der Waals surface area contributed by atoms with Crippen molar-refractivity contribution in [2.24, 2.45) is 0 Å². The van der Waals surface area contributed by atoms with Crippen molar-refractivity contribution in [2.75, 3.05) is 6.26 Å². The van der Waals surface area contributed by atoms with E-state index in [-0.39, 0.29) is 18.0 Å². The van der Waals surface area contributed by atoms with E-state index < -0.39 is 5.97 Å². The van der Waals surface area contributed by atoms with Gasteiger partial charge in [0, 0.05) is 0 Å². The Morgan fingerprint density at radius 3 is 2.67 bits per heavy atom. The second kappa shape index (κ2) is 6.84. The van der Waals surface area contributed by atoms with Crippen LogP contribution < -0.4 is 5.56 Å². The highest BCUT2D eigenvalue weighted by Crippen LogP contribution is 2.16. The molecule has 0 saturated carbocycles. The standard InChI is InChI=1S/C17H15N3O3S/c1-11-15(21)20(17(24-2)19-18-11)10-23-16(22)14-8-7-12-5-3-4-6-13(12)9-14/h3-9H,10H2,1-2H3. The molecule has 0 N–H and O–H groups in total. The predicted molar refractivity (Wildman–Crippen MR) is 92.2 cm³/mol. The number of esters is 1. The number of carbonyl (C=O) groups excluding carboxylic acids is 1. The molecule has 3 aromatic rings. The fourth-order valence-corrected chi connectivity index (χ4v) is 2.76. The summed E-state index contributed by atoms with van der Waals surface area (Å²) in [6.45, 7) is 1.37. The molecule has 1 aromatic heterocycles. The molecular weight excluding hydrogens is 326 g/mol. The Morgan fingerprint density at radius 2 is 1.92 bits per heavy atom. The minimum Gasteiger partial charge on any atom is -0.440 e. The molecule has 24 heavy (non-hydrogen) atoms. The maximum Gasteiger partial charge on any atom is 0.339 e. The quantitative estimate of drug-likeness (QED) is 0.536. The first-order valence-corrected chi connectivity index (χ1v) is 8.46. The van der Waals surface area contributed by atoms with E-state index >= 15 is 0 Å². The van der Waals surface area contributed by atoms with Gasteiger partial charge < -0.3 is 4.74 Å². The van der Waals surface area contributed by atoms with E-state index in [4.69, 9.17) is 4.74 Å². The Hall–Kier alpha value is -2.67. The van der Waals surface area contributed by atoms with E-state index in [9.17, 15) is 9.59 Å². The van der Waals surface area contributed by atoms with Crippen LogP contribution in [-0.2, 0) is 11.5 Å². The zero-order valence-corrected chi connectivity index (χ0v) is 14.0. The Morgan fingerprint density at radius 1 is 1.17 bits per heavy atom. The summed E-state index contributed by atoms with van der Waals surface area (Å²) < 4.78 is 6.58. The van der Waals surface area contributed by atoms with E-state index in [2.05, 4.69) is 10.2 Å². The minimum absolute atomic E-state index is 0.197.